The quantitative estimate of drug-likeness (QED) is 0.210. The lowest BCUT2D eigenvalue weighted by atomic mass is 10.1. The smallest absolute Gasteiger partial charge is 0.341 e. The van der Waals surface area contributed by atoms with Crippen LogP contribution in [0.3, 0.4) is 0 Å². The molecule has 8 heteroatoms. The van der Waals surface area contributed by atoms with Gasteiger partial charge in [0.1, 0.15) is 23.7 Å². The number of ether oxygens (including phenoxy) is 3. The van der Waals surface area contributed by atoms with E-state index in [2.05, 4.69) is 0 Å². The summed E-state index contributed by atoms with van der Waals surface area (Å²) in [4.78, 5) is 35.8. The Morgan fingerprint density at radius 2 is 1.88 bits per heavy atom. The number of nitrogens with two attached hydrogens (primary N) is 1. The first-order chi connectivity index (χ1) is 15.4. The van der Waals surface area contributed by atoms with Crippen LogP contribution in [0.25, 0.3) is 6.08 Å². The molecule has 0 spiro atoms. The van der Waals surface area contributed by atoms with Gasteiger partial charge >= 0.3 is 11.9 Å². The van der Waals surface area contributed by atoms with Crippen LogP contribution in [0.5, 0.6) is 11.5 Å². The molecule has 0 fully saturated rings. The lowest BCUT2D eigenvalue weighted by Gasteiger charge is -2.11. The number of carbonyl (C=O) groups is 3. The lowest BCUT2D eigenvalue weighted by molar-refractivity contribution is -0.139. The van der Waals surface area contributed by atoms with Crippen molar-refractivity contribution in [3.8, 4) is 11.5 Å². The molecule has 0 bridgehead atoms. The molecule has 32 heavy (non-hydrogen) atoms. The van der Waals surface area contributed by atoms with Crippen LogP contribution in [0.2, 0.25) is 0 Å². The maximum absolute atomic E-state index is 12.5. The molecule has 170 valence electrons. The molecule has 2 aromatic carbocycles. The fourth-order valence-corrected chi connectivity index (χ4v) is 2.65. The Balaban J connectivity index is 2.20. The average Bonchev–Trinajstić information content (AvgIpc) is 2.80. The predicted molar refractivity (Wildman–Crippen MR) is 119 cm³/mol. The minimum absolute atomic E-state index is 0.0918. The van der Waals surface area contributed by atoms with Crippen LogP contribution >= 0.6 is 0 Å². The number of aliphatic carboxylic acids is 1. The SMILES string of the molecule is CCCCOC(=O)c1cc(/C=C/C(=O)c2cccc(OCCN)c2)ccc1OCC(=O)O. The molecule has 0 atom stereocenters. The summed E-state index contributed by atoms with van der Waals surface area (Å²) in [5, 5.41) is 8.85. The molecule has 0 heterocycles. The van der Waals surface area contributed by atoms with Crippen molar-refractivity contribution in [2.75, 3.05) is 26.4 Å². The van der Waals surface area contributed by atoms with Crippen molar-refractivity contribution in [2.24, 2.45) is 5.73 Å². The Bertz CT molecular complexity index is 969. The van der Waals surface area contributed by atoms with Gasteiger partial charge in [0.25, 0.3) is 0 Å². The number of carbonyl (C=O) groups excluding carboxylic acids is 2. The first-order valence-electron chi connectivity index (χ1n) is 10.3. The van der Waals surface area contributed by atoms with E-state index in [0.29, 0.717) is 36.4 Å². The first-order valence-corrected chi connectivity index (χ1v) is 10.3. The van der Waals surface area contributed by atoms with Crippen LogP contribution in [-0.4, -0.2) is 49.2 Å². The number of benzene rings is 2. The van der Waals surface area contributed by atoms with Gasteiger partial charge in [-0.25, -0.2) is 9.59 Å². The van der Waals surface area contributed by atoms with Crippen molar-refractivity contribution in [2.45, 2.75) is 19.8 Å². The fraction of sp³-hybridized carbons (Fsp3) is 0.292. The summed E-state index contributed by atoms with van der Waals surface area (Å²) in [5.41, 5.74) is 6.51. The highest BCUT2D eigenvalue weighted by Crippen LogP contribution is 2.23. The van der Waals surface area contributed by atoms with E-state index in [4.69, 9.17) is 25.1 Å². The number of hydrogen-bond acceptors (Lipinski definition) is 7. The molecule has 0 aromatic heterocycles. The van der Waals surface area contributed by atoms with E-state index in [0.717, 1.165) is 6.42 Å². The minimum Gasteiger partial charge on any atom is -0.492 e. The van der Waals surface area contributed by atoms with E-state index in [1.165, 1.54) is 18.2 Å². The van der Waals surface area contributed by atoms with Gasteiger partial charge in [0.2, 0.25) is 0 Å². The second kappa shape index (κ2) is 12.9. The fourth-order valence-electron chi connectivity index (χ4n) is 2.65. The van der Waals surface area contributed by atoms with E-state index in [1.807, 2.05) is 6.92 Å². The Morgan fingerprint density at radius 1 is 1.06 bits per heavy atom. The molecule has 0 aliphatic heterocycles. The second-order valence-corrected chi connectivity index (χ2v) is 6.79. The Kier molecular flexibility index (Phi) is 9.93. The molecule has 8 nitrogen and oxygen atoms in total. The van der Waals surface area contributed by atoms with E-state index in [-0.39, 0.29) is 23.7 Å². The standard InChI is InChI=1S/C24H27NO7/c1-2-3-12-31-24(29)20-14-17(8-10-22(20)32-16-23(27)28)7-9-21(26)18-5-4-6-19(15-18)30-13-11-25/h4-10,14-15H,2-3,11-13,16,25H2,1H3,(H,27,28)/b9-7+. The Hall–Kier alpha value is -3.65. The van der Waals surface area contributed by atoms with Gasteiger partial charge in [0.05, 0.1) is 6.61 Å². The van der Waals surface area contributed by atoms with Crippen LogP contribution in [0.15, 0.2) is 48.5 Å². The second-order valence-electron chi connectivity index (χ2n) is 6.79. The third kappa shape index (κ3) is 7.88. The van der Waals surface area contributed by atoms with Crippen molar-refractivity contribution < 1.29 is 33.7 Å². The van der Waals surface area contributed by atoms with Crippen LogP contribution in [0.1, 0.15) is 46.0 Å². The number of esters is 1. The van der Waals surface area contributed by atoms with Crippen molar-refractivity contribution in [1.82, 2.24) is 0 Å². The van der Waals surface area contributed by atoms with Crippen LogP contribution < -0.4 is 15.2 Å². The number of ketones is 1. The maximum atomic E-state index is 12.5. The third-order valence-corrected chi connectivity index (χ3v) is 4.24. The Labute approximate surface area is 186 Å². The van der Waals surface area contributed by atoms with Crippen molar-refractivity contribution in [3.63, 3.8) is 0 Å². The minimum atomic E-state index is -1.16. The topological polar surface area (TPSA) is 125 Å². The lowest BCUT2D eigenvalue weighted by Crippen LogP contribution is -2.13. The molecule has 0 unspecified atom stereocenters. The number of hydrogen-bond donors (Lipinski definition) is 2. The molecule has 0 radical (unpaired) electrons. The summed E-state index contributed by atoms with van der Waals surface area (Å²) >= 11 is 0. The van der Waals surface area contributed by atoms with E-state index < -0.39 is 18.5 Å². The molecule has 2 rings (SSSR count). The molecular formula is C24H27NO7. The molecular weight excluding hydrogens is 414 g/mol. The third-order valence-electron chi connectivity index (χ3n) is 4.24. The summed E-state index contributed by atoms with van der Waals surface area (Å²) in [5.74, 6) is -1.39. The van der Waals surface area contributed by atoms with Gasteiger partial charge in [0, 0.05) is 12.1 Å². The molecule has 0 aliphatic carbocycles. The monoisotopic (exact) mass is 441 g/mol. The maximum Gasteiger partial charge on any atom is 0.341 e. The Morgan fingerprint density at radius 3 is 2.59 bits per heavy atom. The van der Waals surface area contributed by atoms with Gasteiger partial charge in [-0.2, -0.15) is 0 Å². The zero-order valence-electron chi connectivity index (χ0n) is 17.9. The van der Waals surface area contributed by atoms with Gasteiger partial charge in [0.15, 0.2) is 12.4 Å². The summed E-state index contributed by atoms with van der Waals surface area (Å²) in [6, 6.07) is 11.3. The van der Waals surface area contributed by atoms with Crippen molar-refractivity contribution in [3.05, 3.63) is 65.2 Å². The molecule has 2 aromatic rings. The summed E-state index contributed by atoms with van der Waals surface area (Å²) in [7, 11) is 0. The zero-order chi connectivity index (χ0) is 23.3. The van der Waals surface area contributed by atoms with Crippen molar-refractivity contribution in [1.29, 1.82) is 0 Å². The van der Waals surface area contributed by atoms with Gasteiger partial charge in [-0.1, -0.05) is 37.6 Å². The number of unbranched alkanes of at least 4 members (excludes halogenated alkanes) is 1. The van der Waals surface area contributed by atoms with E-state index in [9.17, 15) is 14.4 Å². The first kappa shape index (κ1) is 24.6. The van der Waals surface area contributed by atoms with Gasteiger partial charge < -0.3 is 25.1 Å². The molecule has 0 amide bonds. The predicted octanol–water partition coefficient (Wildman–Crippen LogP) is 3.34. The molecule has 0 saturated heterocycles. The van der Waals surface area contributed by atoms with Gasteiger partial charge in [-0.05, 0) is 42.3 Å². The van der Waals surface area contributed by atoms with Crippen molar-refractivity contribution >= 4 is 23.8 Å². The van der Waals surface area contributed by atoms with E-state index >= 15 is 0 Å². The molecule has 0 saturated carbocycles. The van der Waals surface area contributed by atoms with Gasteiger partial charge in [-0.15, -0.1) is 0 Å². The largest absolute Gasteiger partial charge is 0.492 e. The highest BCUT2D eigenvalue weighted by molar-refractivity contribution is 6.07. The van der Waals surface area contributed by atoms with Crippen LogP contribution in [0, 0.1) is 0 Å². The summed E-state index contributed by atoms with van der Waals surface area (Å²) < 4.78 is 15.9. The highest BCUT2D eigenvalue weighted by Gasteiger charge is 2.16. The van der Waals surface area contributed by atoms with Crippen LogP contribution in [0.4, 0.5) is 0 Å². The normalized spacial score (nSPS) is 10.7. The number of carboxylic acid groups (broad SMARTS) is 1. The highest BCUT2D eigenvalue weighted by atomic mass is 16.5. The van der Waals surface area contributed by atoms with Gasteiger partial charge in [-0.3, -0.25) is 4.79 Å². The summed E-state index contributed by atoms with van der Waals surface area (Å²) in [6.45, 7) is 2.34. The molecule has 3 N–H and O–H groups in total. The average molecular weight is 441 g/mol. The molecule has 0 aliphatic rings. The van der Waals surface area contributed by atoms with E-state index in [1.54, 1.807) is 36.4 Å². The summed E-state index contributed by atoms with van der Waals surface area (Å²) in [6.07, 6.45) is 4.50. The van der Waals surface area contributed by atoms with Crippen LogP contribution in [-0.2, 0) is 9.53 Å². The number of rotatable bonds is 13. The number of carboxylic acids is 1. The number of allylic oxidation sites excluding steroid dienone is 1. The zero-order valence-corrected chi connectivity index (χ0v) is 17.9.